The zero-order valence-electron chi connectivity index (χ0n) is 19.5. The van der Waals surface area contributed by atoms with E-state index in [1.807, 2.05) is 40.7 Å². The van der Waals surface area contributed by atoms with Gasteiger partial charge in [0.05, 0.1) is 37.1 Å². The molecule has 1 amide bonds. The standard InChI is InChI=1S/C25H30ClN5O3S/c26-19-5-2-7-21(15-19)31-25(32)24(34-22-8-3-9-22)23(16-28-31)29-10-12-30(13-11-29)35(33)17-18-4-1-6-20(27)14-18/h1-2,4-7,14-15,22,28H,3,8-13,16-17,27H2. The van der Waals surface area contributed by atoms with Crippen LogP contribution in [0.5, 0.6) is 0 Å². The number of nitrogens with two attached hydrogens (primary N) is 1. The fourth-order valence-electron chi connectivity index (χ4n) is 4.46. The minimum atomic E-state index is -1.14. The molecule has 3 N–H and O–H groups in total. The van der Waals surface area contributed by atoms with Crippen LogP contribution in [0.15, 0.2) is 60.0 Å². The summed E-state index contributed by atoms with van der Waals surface area (Å²) in [6.45, 7) is 3.08. The molecule has 2 aromatic rings. The maximum absolute atomic E-state index is 13.5. The lowest BCUT2D eigenvalue weighted by Crippen LogP contribution is -2.55. The molecule has 5 rings (SSSR count). The quantitative estimate of drug-likeness (QED) is 0.432. The van der Waals surface area contributed by atoms with Gasteiger partial charge in [0, 0.05) is 40.7 Å². The normalized spacial score (nSPS) is 20.7. The highest BCUT2D eigenvalue weighted by atomic mass is 35.5. The third-order valence-corrected chi connectivity index (χ3v) is 8.37. The molecule has 186 valence electrons. The molecule has 10 heteroatoms. The van der Waals surface area contributed by atoms with E-state index < -0.39 is 11.4 Å². The molecule has 0 aromatic heterocycles. The van der Waals surface area contributed by atoms with E-state index in [0.717, 1.165) is 30.5 Å². The first-order chi connectivity index (χ1) is 17.0. The molecule has 2 aliphatic heterocycles. The summed E-state index contributed by atoms with van der Waals surface area (Å²) in [6.07, 6.45) is 3.13. The van der Waals surface area contributed by atoms with E-state index in [4.69, 9.17) is 22.1 Å². The predicted molar refractivity (Wildman–Crippen MR) is 139 cm³/mol. The van der Waals surface area contributed by atoms with Gasteiger partial charge < -0.3 is 19.9 Å². The number of carbonyl (C=O) groups excluding carboxylic acids is 1. The molecule has 3 aliphatic rings. The SMILES string of the molecule is Nc1cccc(C[S+]([O-])N2CCN(C3=C(OC4CCC4)C(=O)N(c4cccc(Cl)c4)NC3)CC2)c1. The Bertz CT molecular complexity index is 1100. The molecule has 2 aromatic carbocycles. The zero-order chi connectivity index (χ0) is 24.4. The van der Waals surface area contributed by atoms with E-state index in [9.17, 15) is 9.35 Å². The number of nitrogens with zero attached hydrogens (tertiary/aromatic N) is 3. The first-order valence-corrected chi connectivity index (χ1v) is 13.6. The Kier molecular flexibility index (Phi) is 7.40. The monoisotopic (exact) mass is 515 g/mol. The van der Waals surface area contributed by atoms with Gasteiger partial charge >= 0.3 is 5.91 Å². The van der Waals surface area contributed by atoms with Gasteiger partial charge in [0.2, 0.25) is 5.76 Å². The Morgan fingerprint density at radius 1 is 1.11 bits per heavy atom. The number of halogens is 1. The molecule has 1 unspecified atom stereocenters. The second-order valence-corrected chi connectivity index (χ2v) is 10.9. The summed E-state index contributed by atoms with van der Waals surface area (Å²) < 4.78 is 21.2. The summed E-state index contributed by atoms with van der Waals surface area (Å²) in [7, 11) is 0. The zero-order valence-corrected chi connectivity index (χ0v) is 21.1. The number of ether oxygens (including phenoxy) is 1. The summed E-state index contributed by atoms with van der Waals surface area (Å²) in [4.78, 5) is 15.7. The average molecular weight is 516 g/mol. The minimum absolute atomic E-state index is 0.0790. The summed E-state index contributed by atoms with van der Waals surface area (Å²) in [6, 6.07) is 14.7. The third-order valence-electron chi connectivity index (χ3n) is 6.62. The molecule has 1 saturated heterocycles. The number of amides is 1. The van der Waals surface area contributed by atoms with Crippen molar-refractivity contribution in [2.75, 3.05) is 43.5 Å². The Morgan fingerprint density at radius 3 is 2.57 bits per heavy atom. The van der Waals surface area contributed by atoms with Crippen molar-refractivity contribution in [2.24, 2.45) is 0 Å². The second kappa shape index (κ2) is 10.7. The first-order valence-electron chi connectivity index (χ1n) is 11.9. The highest BCUT2D eigenvalue weighted by molar-refractivity contribution is 7.88. The lowest BCUT2D eigenvalue weighted by atomic mass is 9.96. The van der Waals surface area contributed by atoms with Crippen molar-refractivity contribution in [1.82, 2.24) is 14.6 Å². The van der Waals surface area contributed by atoms with Crippen LogP contribution in [0.1, 0.15) is 24.8 Å². The van der Waals surface area contributed by atoms with Gasteiger partial charge in [-0.1, -0.05) is 29.8 Å². The van der Waals surface area contributed by atoms with Gasteiger partial charge in [-0.25, -0.2) is 10.4 Å². The average Bonchev–Trinajstić information content (AvgIpc) is 2.82. The Balaban J connectivity index is 1.28. The van der Waals surface area contributed by atoms with Crippen LogP contribution in [-0.2, 0) is 26.6 Å². The molecular formula is C25H30ClN5O3S. The van der Waals surface area contributed by atoms with Crippen LogP contribution in [0.3, 0.4) is 0 Å². The lowest BCUT2D eigenvalue weighted by Gasteiger charge is -2.41. The van der Waals surface area contributed by atoms with Crippen molar-refractivity contribution < 1.29 is 14.1 Å². The summed E-state index contributed by atoms with van der Waals surface area (Å²) in [5.41, 5.74) is 12.3. The van der Waals surface area contributed by atoms with E-state index in [2.05, 4.69) is 10.3 Å². The van der Waals surface area contributed by atoms with Gasteiger partial charge in [-0.3, -0.25) is 4.79 Å². The molecule has 0 radical (unpaired) electrons. The molecular weight excluding hydrogens is 486 g/mol. The predicted octanol–water partition coefficient (Wildman–Crippen LogP) is 3.04. The Hall–Kier alpha value is -2.43. The van der Waals surface area contributed by atoms with Gasteiger partial charge in [0.1, 0.15) is 0 Å². The number of nitrogens with one attached hydrogen (secondary N) is 1. The number of carbonyl (C=O) groups is 1. The number of hydrazine groups is 1. The van der Waals surface area contributed by atoms with Crippen molar-refractivity contribution in [3.8, 4) is 0 Å². The lowest BCUT2D eigenvalue weighted by molar-refractivity contribution is -0.122. The number of hydrogen-bond acceptors (Lipinski definition) is 7. The van der Waals surface area contributed by atoms with Gasteiger partial charge in [-0.05, 0) is 49.6 Å². The minimum Gasteiger partial charge on any atom is -0.598 e. The fourth-order valence-corrected chi connectivity index (χ4v) is 5.86. The number of benzene rings is 2. The first kappa shape index (κ1) is 24.3. The van der Waals surface area contributed by atoms with Crippen molar-refractivity contribution in [3.05, 3.63) is 70.6 Å². The van der Waals surface area contributed by atoms with E-state index in [-0.39, 0.29) is 12.0 Å². The van der Waals surface area contributed by atoms with Crippen LogP contribution in [0.2, 0.25) is 5.02 Å². The maximum atomic E-state index is 13.5. The number of anilines is 2. The molecule has 35 heavy (non-hydrogen) atoms. The highest BCUT2D eigenvalue weighted by Gasteiger charge is 2.37. The van der Waals surface area contributed by atoms with Crippen LogP contribution < -0.4 is 16.2 Å². The van der Waals surface area contributed by atoms with Gasteiger partial charge in [0.15, 0.2) is 5.75 Å². The van der Waals surface area contributed by atoms with Crippen molar-refractivity contribution in [2.45, 2.75) is 31.1 Å². The van der Waals surface area contributed by atoms with E-state index in [1.54, 1.807) is 12.1 Å². The van der Waals surface area contributed by atoms with Gasteiger partial charge in [-0.2, -0.15) is 0 Å². The van der Waals surface area contributed by atoms with Gasteiger partial charge in [0.25, 0.3) is 0 Å². The summed E-state index contributed by atoms with van der Waals surface area (Å²) in [5.74, 6) is 0.633. The summed E-state index contributed by atoms with van der Waals surface area (Å²) >= 11 is 5.02. The number of rotatable bonds is 7. The van der Waals surface area contributed by atoms with E-state index >= 15 is 0 Å². The fraction of sp³-hybridized carbons (Fsp3) is 0.400. The van der Waals surface area contributed by atoms with Crippen molar-refractivity contribution in [3.63, 3.8) is 0 Å². The molecule has 8 nitrogen and oxygen atoms in total. The molecule has 1 saturated carbocycles. The number of piperazine rings is 1. The van der Waals surface area contributed by atoms with Gasteiger partial charge in [-0.15, -0.1) is 4.31 Å². The van der Waals surface area contributed by atoms with E-state index in [1.165, 1.54) is 5.01 Å². The second-order valence-electron chi connectivity index (χ2n) is 9.03. The van der Waals surface area contributed by atoms with Crippen molar-refractivity contribution >= 4 is 40.2 Å². The van der Waals surface area contributed by atoms with Crippen LogP contribution in [-0.4, -0.2) is 58.5 Å². The molecule has 0 spiro atoms. The number of nitrogen functional groups attached to an aromatic ring is 1. The van der Waals surface area contributed by atoms with Crippen LogP contribution >= 0.6 is 11.6 Å². The van der Waals surface area contributed by atoms with Crippen molar-refractivity contribution in [1.29, 1.82) is 0 Å². The smallest absolute Gasteiger partial charge is 0.309 e. The topological polar surface area (TPSA) is 97.1 Å². The highest BCUT2D eigenvalue weighted by Crippen LogP contribution is 2.31. The van der Waals surface area contributed by atoms with Crippen LogP contribution in [0.4, 0.5) is 11.4 Å². The molecule has 1 aliphatic carbocycles. The summed E-state index contributed by atoms with van der Waals surface area (Å²) in [5, 5.41) is 2.08. The molecule has 2 fully saturated rings. The van der Waals surface area contributed by atoms with Crippen LogP contribution in [0, 0.1) is 0 Å². The largest absolute Gasteiger partial charge is 0.598 e. The third kappa shape index (κ3) is 5.54. The van der Waals surface area contributed by atoms with E-state index in [0.29, 0.717) is 60.6 Å². The Morgan fingerprint density at radius 2 is 1.89 bits per heavy atom. The Labute approximate surface area is 213 Å². The maximum Gasteiger partial charge on any atom is 0.309 e. The molecule has 1 atom stereocenters. The number of hydrogen-bond donors (Lipinski definition) is 2. The van der Waals surface area contributed by atoms with Crippen LogP contribution in [0.25, 0.3) is 0 Å². The molecule has 2 heterocycles. The molecule has 0 bridgehead atoms.